The van der Waals surface area contributed by atoms with E-state index in [1.807, 2.05) is 0 Å². The summed E-state index contributed by atoms with van der Waals surface area (Å²) in [5.74, 6) is -3.61. The van der Waals surface area contributed by atoms with E-state index in [1.165, 1.54) is 14.0 Å². The number of β-lactam (4-membered cyclic amide) rings is 1. The minimum atomic E-state index is -3.99. The summed E-state index contributed by atoms with van der Waals surface area (Å²) in [7, 11) is -2.65. The molecule has 0 unspecified atom stereocenters. The number of hydrogen-bond acceptors (Lipinski definition) is 10. The fourth-order valence-electron chi connectivity index (χ4n) is 3.02. The van der Waals surface area contributed by atoms with Gasteiger partial charge >= 0.3 is 59.1 Å². The second kappa shape index (κ2) is 8.30. The van der Waals surface area contributed by atoms with Crippen LogP contribution in [0.4, 0.5) is 0 Å². The van der Waals surface area contributed by atoms with E-state index in [4.69, 9.17) is 0 Å². The molecule has 0 aliphatic carbocycles. The van der Waals surface area contributed by atoms with E-state index >= 15 is 0 Å². The molecular weight excluding hydrogens is 422 g/mol. The topological polar surface area (TPSA) is 165 Å². The van der Waals surface area contributed by atoms with Gasteiger partial charge in [0.25, 0.3) is 5.56 Å². The Hall–Kier alpha value is -0.150. The molecule has 1 aromatic rings. The molecule has 3 atom stereocenters. The summed E-state index contributed by atoms with van der Waals surface area (Å²) < 4.78 is 24.6. The SMILES string of the molecule is Cn1nc([O-])c(=O)nc1SC[C@@]1(C)[C@H](C(=O)[O-])N2C(=O)C[C@H]2S1(=O)=O.[Na+].[Na+]. The molecule has 11 nitrogen and oxygen atoms in total. The average Bonchev–Trinajstić information content (AvgIpc) is 2.64. The van der Waals surface area contributed by atoms with Gasteiger partial charge in [-0.05, 0) is 6.92 Å². The number of carbonyl (C=O) groups is 2. The fraction of sp³-hybridized carbons (Fsp3) is 0.583. The molecule has 0 aromatic carbocycles. The molecular formula is C12H12N4Na2O7S2. The second-order valence-corrected chi connectivity index (χ2v) is 9.47. The molecule has 0 spiro atoms. The van der Waals surface area contributed by atoms with Gasteiger partial charge in [-0.1, -0.05) is 11.8 Å². The van der Waals surface area contributed by atoms with E-state index in [-0.39, 0.29) is 76.4 Å². The Morgan fingerprint density at radius 2 is 1.96 bits per heavy atom. The maximum atomic E-state index is 12.7. The van der Waals surface area contributed by atoms with E-state index in [9.17, 15) is 33.0 Å². The van der Waals surface area contributed by atoms with Gasteiger partial charge in [0, 0.05) is 12.8 Å². The summed E-state index contributed by atoms with van der Waals surface area (Å²) in [6.45, 7) is 1.22. The molecule has 2 aliphatic rings. The number of sulfone groups is 1. The Bertz CT molecular complexity index is 954. The number of nitrogens with zero attached hydrogens (tertiary/aromatic N) is 4. The van der Waals surface area contributed by atoms with Crippen molar-refractivity contribution < 1.29 is 87.3 Å². The van der Waals surface area contributed by atoms with E-state index in [0.717, 1.165) is 21.3 Å². The predicted octanol–water partition coefficient (Wildman–Crippen LogP) is -9.79. The zero-order chi connectivity index (χ0) is 18.7. The van der Waals surface area contributed by atoms with E-state index in [1.54, 1.807) is 0 Å². The molecule has 15 heteroatoms. The Morgan fingerprint density at radius 1 is 1.37 bits per heavy atom. The van der Waals surface area contributed by atoms with Gasteiger partial charge in [0.2, 0.25) is 5.91 Å². The molecule has 0 N–H and O–H groups in total. The van der Waals surface area contributed by atoms with Crippen LogP contribution in [0, 0.1) is 0 Å². The Labute approximate surface area is 202 Å². The maximum Gasteiger partial charge on any atom is 1.00 e. The molecule has 2 aliphatic heterocycles. The number of thioether (sulfide) groups is 1. The zero-order valence-corrected chi connectivity index (χ0v) is 20.7. The second-order valence-electron chi connectivity index (χ2n) is 5.96. The number of fused-ring (bicyclic) bond motifs is 1. The number of carboxylic acid groups (broad SMARTS) is 1. The summed E-state index contributed by atoms with van der Waals surface area (Å²) in [6, 6.07) is -1.64. The quantitative estimate of drug-likeness (QED) is 0.252. The van der Waals surface area contributed by atoms with Crippen molar-refractivity contribution in [2.24, 2.45) is 7.05 Å². The van der Waals surface area contributed by atoms with Crippen molar-refractivity contribution in [2.45, 2.75) is 34.7 Å². The smallest absolute Gasteiger partial charge is 0.854 e. The Morgan fingerprint density at radius 3 is 2.48 bits per heavy atom. The standard InChI is InChI=1S/C12H14N4O7S2.2Na/c1-12(4-24-11-13-8(18)9(19)14-15(11)2)7(10(20)21)16-5(17)3-6(16)25(12,22)23;;/h6-7H,3-4H2,1-2H3,(H,14,19)(H,20,21);;/q;2*+1/p-2/t6-,7+,12+;;/m1../s1. The van der Waals surface area contributed by atoms with Crippen LogP contribution in [0.3, 0.4) is 0 Å². The first-order valence-electron chi connectivity index (χ1n) is 7.01. The van der Waals surface area contributed by atoms with Crippen molar-refractivity contribution in [1.82, 2.24) is 19.7 Å². The molecule has 2 saturated heterocycles. The Balaban J connectivity index is 0.00000182. The first kappa shape index (κ1) is 24.9. The van der Waals surface area contributed by atoms with Crippen molar-refractivity contribution >= 4 is 33.5 Å². The van der Waals surface area contributed by atoms with E-state index < -0.39 is 49.3 Å². The van der Waals surface area contributed by atoms with Crippen molar-refractivity contribution in [1.29, 1.82) is 0 Å². The maximum absolute atomic E-state index is 12.7. The molecule has 2 fully saturated rings. The van der Waals surface area contributed by atoms with Gasteiger partial charge in [0.1, 0.15) is 10.1 Å². The predicted molar refractivity (Wildman–Crippen MR) is 78.8 cm³/mol. The van der Waals surface area contributed by atoms with Crippen molar-refractivity contribution in [2.75, 3.05) is 5.75 Å². The Kier molecular flexibility index (Phi) is 7.65. The van der Waals surface area contributed by atoms with E-state index in [2.05, 4.69) is 10.1 Å². The monoisotopic (exact) mass is 434 g/mol. The normalized spacial score (nSPS) is 27.8. The van der Waals surface area contributed by atoms with Gasteiger partial charge in [-0.2, -0.15) is 10.1 Å². The summed E-state index contributed by atoms with van der Waals surface area (Å²) in [6.07, 6.45) is -0.268. The fourth-order valence-corrected chi connectivity index (χ4v) is 6.84. The van der Waals surface area contributed by atoms with Crippen LogP contribution in [0.2, 0.25) is 0 Å². The third-order valence-electron chi connectivity index (χ3n) is 4.42. The van der Waals surface area contributed by atoms with Crippen LogP contribution in [0.5, 0.6) is 5.88 Å². The zero-order valence-electron chi connectivity index (χ0n) is 15.0. The summed E-state index contributed by atoms with van der Waals surface area (Å²) in [5.41, 5.74) is -1.10. The summed E-state index contributed by atoms with van der Waals surface area (Å²) in [4.78, 5) is 38.8. The summed E-state index contributed by atoms with van der Waals surface area (Å²) in [5, 5.41) is 24.8. The largest absolute Gasteiger partial charge is 1.00 e. The number of hydrogen-bond donors (Lipinski definition) is 0. The molecule has 3 rings (SSSR count). The van der Waals surface area contributed by atoms with Gasteiger partial charge in [-0.3, -0.25) is 9.59 Å². The van der Waals surface area contributed by atoms with Crippen molar-refractivity contribution in [3.63, 3.8) is 0 Å². The van der Waals surface area contributed by atoms with Gasteiger partial charge in [0.05, 0.1) is 24.3 Å². The third kappa shape index (κ3) is 3.72. The van der Waals surface area contributed by atoms with Crippen LogP contribution in [-0.4, -0.2) is 61.9 Å². The molecule has 3 heterocycles. The van der Waals surface area contributed by atoms with Gasteiger partial charge in [-0.15, -0.1) is 0 Å². The minimum absolute atomic E-state index is 0. The van der Waals surface area contributed by atoms with E-state index in [0.29, 0.717) is 0 Å². The first-order chi connectivity index (χ1) is 11.5. The van der Waals surface area contributed by atoms with Gasteiger partial charge in [-0.25, -0.2) is 13.1 Å². The molecule has 0 bridgehead atoms. The number of amides is 1. The van der Waals surface area contributed by atoms with Crippen LogP contribution in [0.25, 0.3) is 0 Å². The van der Waals surface area contributed by atoms with Crippen LogP contribution in [0.1, 0.15) is 13.3 Å². The molecule has 1 aromatic heterocycles. The van der Waals surface area contributed by atoms with Crippen molar-refractivity contribution in [3.8, 4) is 5.88 Å². The number of aromatic nitrogens is 3. The number of aliphatic carboxylic acids is 1. The first-order valence-corrected chi connectivity index (χ1v) is 9.54. The van der Waals surface area contributed by atoms with Gasteiger partial charge < -0.3 is 19.9 Å². The average molecular weight is 434 g/mol. The van der Waals surface area contributed by atoms with Crippen LogP contribution in [-0.2, 0) is 26.5 Å². The van der Waals surface area contributed by atoms with Crippen LogP contribution in [0.15, 0.2) is 9.95 Å². The number of carbonyl (C=O) groups excluding carboxylic acids is 2. The minimum Gasteiger partial charge on any atom is -0.854 e. The number of carboxylic acids is 1. The van der Waals surface area contributed by atoms with Gasteiger partial charge in [0.15, 0.2) is 15.0 Å². The number of aryl methyl sites for hydroxylation is 1. The number of rotatable bonds is 4. The van der Waals surface area contributed by atoms with Crippen LogP contribution < -0.4 is 74.9 Å². The molecule has 1 amide bonds. The summed E-state index contributed by atoms with van der Waals surface area (Å²) >= 11 is 0.765. The van der Waals surface area contributed by atoms with Crippen molar-refractivity contribution in [3.05, 3.63) is 10.4 Å². The third-order valence-corrected chi connectivity index (χ3v) is 8.74. The molecule has 0 radical (unpaired) electrons. The molecule has 136 valence electrons. The molecule has 27 heavy (non-hydrogen) atoms. The molecule has 0 saturated carbocycles. The van der Waals surface area contributed by atoms with Crippen LogP contribution >= 0.6 is 11.8 Å².